The molecule has 0 atom stereocenters. The molecule has 1 aliphatic carbocycles. The van der Waals surface area contributed by atoms with Gasteiger partial charge in [0.05, 0.1) is 19.8 Å². The number of ether oxygens (including phenoxy) is 2. The van der Waals surface area contributed by atoms with E-state index in [4.69, 9.17) is 14.6 Å². The van der Waals surface area contributed by atoms with Crippen LogP contribution in [0, 0.1) is 0 Å². The third kappa shape index (κ3) is 4.66. The average Bonchev–Trinajstić information content (AvgIpc) is 2.77. The van der Waals surface area contributed by atoms with Crippen LogP contribution in [0.25, 0.3) is 0 Å². The molecule has 0 aliphatic heterocycles. The van der Waals surface area contributed by atoms with Crippen molar-refractivity contribution in [2.75, 3.05) is 26.4 Å². The summed E-state index contributed by atoms with van der Waals surface area (Å²) in [5, 5.41) is 27.3. The summed E-state index contributed by atoms with van der Waals surface area (Å²) in [6.45, 7) is -0.123. The number of aliphatic hydroxyl groups is 3. The van der Waals surface area contributed by atoms with Crippen LogP contribution in [0.15, 0.2) is 48.5 Å². The number of benzene rings is 2. The summed E-state index contributed by atoms with van der Waals surface area (Å²) in [4.78, 5) is 0. The van der Waals surface area contributed by atoms with Gasteiger partial charge in [-0.2, -0.15) is 0 Å². The Bertz CT molecular complexity index is 701. The fourth-order valence-electron chi connectivity index (χ4n) is 4.11. The van der Waals surface area contributed by atoms with Crippen molar-refractivity contribution in [3.8, 4) is 11.5 Å². The van der Waals surface area contributed by atoms with Gasteiger partial charge in [0.1, 0.15) is 24.2 Å². The molecule has 0 amide bonds. The van der Waals surface area contributed by atoms with Crippen molar-refractivity contribution in [3.05, 3.63) is 59.7 Å². The fourth-order valence-corrected chi connectivity index (χ4v) is 4.11. The lowest BCUT2D eigenvalue weighted by Gasteiger charge is -2.39. The minimum absolute atomic E-state index is 0.00747. The fraction of sp³-hybridized carbons (Fsp3) is 0.478. The van der Waals surface area contributed by atoms with Crippen LogP contribution in [0.5, 0.6) is 11.5 Å². The summed E-state index contributed by atoms with van der Waals surface area (Å²) in [6, 6.07) is 16.3. The molecule has 152 valence electrons. The molecule has 0 unspecified atom stereocenters. The lowest BCUT2D eigenvalue weighted by molar-refractivity contribution is 0.0629. The molecule has 1 aliphatic rings. The normalized spacial score (nSPS) is 16.1. The van der Waals surface area contributed by atoms with Crippen LogP contribution in [0.2, 0.25) is 0 Å². The van der Waals surface area contributed by atoms with Crippen LogP contribution < -0.4 is 9.47 Å². The molecule has 0 aromatic heterocycles. The van der Waals surface area contributed by atoms with Crippen LogP contribution in [0.4, 0.5) is 0 Å². The molecule has 3 rings (SSSR count). The van der Waals surface area contributed by atoms with Gasteiger partial charge in [0.25, 0.3) is 0 Å². The molecular weight excluding hydrogens is 356 g/mol. The predicted octanol–water partition coefficient (Wildman–Crippen LogP) is 3.04. The molecule has 5 heteroatoms. The highest BCUT2D eigenvalue weighted by Gasteiger charge is 2.35. The van der Waals surface area contributed by atoms with E-state index in [2.05, 4.69) is 24.3 Å². The Morgan fingerprint density at radius 2 is 1.29 bits per heavy atom. The van der Waals surface area contributed by atoms with E-state index in [0.717, 1.165) is 18.6 Å². The van der Waals surface area contributed by atoms with E-state index in [9.17, 15) is 10.2 Å². The molecule has 0 bridgehead atoms. The lowest BCUT2D eigenvalue weighted by Crippen LogP contribution is -2.30. The standard InChI is InChI=1S/C23H30O5/c24-14-15-27-20-8-4-18(5-9-20)23(12-2-1-3-13-23)19-6-10-21(11-7-19)28-22(16-25)17-26/h4-11,22,24-26H,1-3,12-17H2. The zero-order valence-corrected chi connectivity index (χ0v) is 16.2. The molecule has 1 saturated carbocycles. The van der Waals surface area contributed by atoms with Crippen molar-refractivity contribution in [2.45, 2.75) is 43.6 Å². The summed E-state index contributed by atoms with van der Waals surface area (Å²) in [7, 11) is 0. The minimum Gasteiger partial charge on any atom is -0.491 e. The Balaban J connectivity index is 1.85. The van der Waals surface area contributed by atoms with E-state index in [-0.39, 0.29) is 25.2 Å². The van der Waals surface area contributed by atoms with Crippen molar-refractivity contribution in [1.29, 1.82) is 0 Å². The molecule has 2 aromatic rings. The second-order valence-corrected chi connectivity index (χ2v) is 7.37. The molecule has 2 aromatic carbocycles. The van der Waals surface area contributed by atoms with Gasteiger partial charge in [-0.1, -0.05) is 43.5 Å². The average molecular weight is 386 g/mol. The molecule has 3 N–H and O–H groups in total. The first-order valence-electron chi connectivity index (χ1n) is 10.0. The molecule has 0 radical (unpaired) electrons. The van der Waals surface area contributed by atoms with E-state index in [1.165, 1.54) is 30.4 Å². The Morgan fingerprint density at radius 1 is 0.750 bits per heavy atom. The van der Waals surface area contributed by atoms with Gasteiger partial charge in [-0.25, -0.2) is 0 Å². The maximum Gasteiger partial charge on any atom is 0.145 e. The van der Waals surface area contributed by atoms with Gasteiger partial charge < -0.3 is 24.8 Å². The Kier molecular flexibility index (Phi) is 7.31. The number of hydrogen-bond acceptors (Lipinski definition) is 5. The SMILES string of the molecule is OCCOc1ccc(C2(c3ccc(OC(CO)CO)cc3)CCCCC2)cc1. The minimum atomic E-state index is -0.596. The van der Waals surface area contributed by atoms with E-state index in [1.807, 2.05) is 24.3 Å². The highest BCUT2D eigenvalue weighted by atomic mass is 16.5. The zero-order chi connectivity index (χ0) is 19.8. The van der Waals surface area contributed by atoms with Gasteiger partial charge in [-0.05, 0) is 48.2 Å². The van der Waals surface area contributed by atoms with Crippen LogP contribution in [0.3, 0.4) is 0 Å². The topological polar surface area (TPSA) is 79.2 Å². The van der Waals surface area contributed by atoms with Crippen molar-refractivity contribution in [3.63, 3.8) is 0 Å². The van der Waals surface area contributed by atoms with Gasteiger partial charge in [0.2, 0.25) is 0 Å². The summed E-state index contributed by atoms with van der Waals surface area (Å²) in [5.41, 5.74) is 2.51. The van der Waals surface area contributed by atoms with Crippen molar-refractivity contribution >= 4 is 0 Å². The monoisotopic (exact) mass is 386 g/mol. The molecule has 5 nitrogen and oxygen atoms in total. The Morgan fingerprint density at radius 3 is 1.79 bits per heavy atom. The van der Waals surface area contributed by atoms with Crippen LogP contribution in [-0.4, -0.2) is 47.9 Å². The molecule has 28 heavy (non-hydrogen) atoms. The third-order valence-electron chi connectivity index (χ3n) is 5.59. The molecule has 0 heterocycles. The first kappa shape index (κ1) is 20.6. The van der Waals surface area contributed by atoms with Gasteiger partial charge in [-0.3, -0.25) is 0 Å². The van der Waals surface area contributed by atoms with E-state index in [0.29, 0.717) is 12.4 Å². The van der Waals surface area contributed by atoms with Crippen molar-refractivity contribution < 1.29 is 24.8 Å². The number of aliphatic hydroxyl groups excluding tert-OH is 3. The van der Waals surface area contributed by atoms with Gasteiger partial charge >= 0.3 is 0 Å². The highest BCUT2D eigenvalue weighted by molar-refractivity contribution is 5.43. The summed E-state index contributed by atoms with van der Waals surface area (Å²) in [6.07, 6.45) is 5.24. The largest absolute Gasteiger partial charge is 0.491 e. The van der Waals surface area contributed by atoms with E-state index < -0.39 is 6.10 Å². The quantitative estimate of drug-likeness (QED) is 0.617. The van der Waals surface area contributed by atoms with Crippen molar-refractivity contribution in [1.82, 2.24) is 0 Å². The molecule has 0 saturated heterocycles. The van der Waals surface area contributed by atoms with Gasteiger partial charge in [0.15, 0.2) is 0 Å². The smallest absolute Gasteiger partial charge is 0.145 e. The second kappa shape index (κ2) is 9.92. The molecule has 0 spiro atoms. The van der Waals surface area contributed by atoms with E-state index in [1.54, 1.807) is 0 Å². The summed E-state index contributed by atoms with van der Waals surface area (Å²) in [5.74, 6) is 1.42. The molecular formula is C23H30O5. The predicted molar refractivity (Wildman–Crippen MR) is 108 cm³/mol. The second-order valence-electron chi connectivity index (χ2n) is 7.37. The van der Waals surface area contributed by atoms with Crippen LogP contribution in [-0.2, 0) is 5.41 Å². The first-order chi connectivity index (χ1) is 13.7. The van der Waals surface area contributed by atoms with Gasteiger partial charge in [0, 0.05) is 5.41 Å². The first-order valence-corrected chi connectivity index (χ1v) is 10.0. The van der Waals surface area contributed by atoms with Gasteiger partial charge in [-0.15, -0.1) is 0 Å². The van der Waals surface area contributed by atoms with E-state index >= 15 is 0 Å². The van der Waals surface area contributed by atoms with Crippen LogP contribution >= 0.6 is 0 Å². The number of rotatable bonds is 9. The Labute approximate surface area is 166 Å². The number of hydrogen-bond donors (Lipinski definition) is 3. The van der Waals surface area contributed by atoms with Crippen molar-refractivity contribution in [2.24, 2.45) is 0 Å². The summed E-state index contributed by atoms with van der Waals surface area (Å²) >= 11 is 0. The lowest BCUT2D eigenvalue weighted by atomic mass is 9.65. The highest BCUT2D eigenvalue weighted by Crippen LogP contribution is 2.45. The maximum atomic E-state index is 9.20. The maximum absolute atomic E-state index is 9.20. The molecule has 1 fully saturated rings. The zero-order valence-electron chi connectivity index (χ0n) is 16.2. The summed E-state index contributed by atoms with van der Waals surface area (Å²) < 4.78 is 11.1. The Hall–Kier alpha value is -2.08. The third-order valence-corrected chi connectivity index (χ3v) is 5.59. The van der Waals surface area contributed by atoms with Crippen LogP contribution in [0.1, 0.15) is 43.2 Å².